The van der Waals surface area contributed by atoms with Gasteiger partial charge < -0.3 is 5.73 Å². The molecule has 0 radical (unpaired) electrons. The van der Waals surface area contributed by atoms with E-state index >= 15 is 0 Å². The molecule has 4 N–H and O–H groups in total. The minimum absolute atomic E-state index is 0.0185. The third-order valence-corrected chi connectivity index (χ3v) is 0.422. The monoisotopic (exact) mass is 118 g/mol. The summed E-state index contributed by atoms with van der Waals surface area (Å²) in [5, 5.41) is 13.1. The zero-order chi connectivity index (χ0) is 6.57. The molecule has 0 spiro atoms. The fourth-order valence-corrected chi connectivity index (χ4v) is 0.238. The fourth-order valence-electron chi connectivity index (χ4n) is 0.238. The SMILES string of the molecule is CN(C)N=C(N)NO. The number of rotatable bonds is 1. The van der Waals surface area contributed by atoms with Crippen molar-refractivity contribution in [2.24, 2.45) is 10.8 Å². The molecule has 0 aliphatic heterocycles. The predicted octanol–water partition coefficient (Wildman–Crippen LogP) is -1.24. The lowest BCUT2D eigenvalue weighted by Crippen LogP contribution is -2.30. The number of guanidine groups is 1. The lowest BCUT2D eigenvalue weighted by molar-refractivity contribution is 0.229. The summed E-state index contributed by atoms with van der Waals surface area (Å²) in [6.45, 7) is 0. The largest absolute Gasteiger partial charge is 0.367 e. The van der Waals surface area contributed by atoms with Crippen LogP contribution in [0.5, 0.6) is 0 Å². The molecule has 0 bridgehead atoms. The third-order valence-electron chi connectivity index (χ3n) is 0.422. The van der Waals surface area contributed by atoms with Crippen LogP contribution in [0.15, 0.2) is 5.10 Å². The van der Waals surface area contributed by atoms with Gasteiger partial charge in [0.15, 0.2) is 0 Å². The molecular formula is C3H10N4O. The van der Waals surface area contributed by atoms with Crippen LogP contribution < -0.4 is 11.2 Å². The summed E-state index contributed by atoms with van der Waals surface area (Å²) in [4.78, 5) is 0. The van der Waals surface area contributed by atoms with Gasteiger partial charge in [-0.15, -0.1) is 5.10 Å². The summed E-state index contributed by atoms with van der Waals surface area (Å²) in [5.74, 6) is -0.0185. The minimum Gasteiger partial charge on any atom is -0.367 e. The molecule has 0 aromatic rings. The van der Waals surface area contributed by atoms with Crippen LogP contribution >= 0.6 is 0 Å². The zero-order valence-electron chi connectivity index (χ0n) is 4.92. The molecule has 0 fully saturated rings. The summed E-state index contributed by atoms with van der Waals surface area (Å²) in [6.07, 6.45) is 0. The van der Waals surface area contributed by atoms with Crippen molar-refractivity contribution in [2.45, 2.75) is 0 Å². The Morgan fingerprint density at radius 2 is 2.25 bits per heavy atom. The predicted molar refractivity (Wildman–Crippen MR) is 30.2 cm³/mol. The first-order valence-corrected chi connectivity index (χ1v) is 2.08. The van der Waals surface area contributed by atoms with Gasteiger partial charge in [0.1, 0.15) is 0 Å². The summed E-state index contributed by atoms with van der Waals surface area (Å²) < 4.78 is 0. The molecule has 0 aliphatic carbocycles. The summed E-state index contributed by atoms with van der Waals surface area (Å²) in [7, 11) is 3.40. The summed E-state index contributed by atoms with van der Waals surface area (Å²) in [6, 6.07) is 0. The lowest BCUT2D eigenvalue weighted by atomic mass is 11.0. The van der Waals surface area contributed by atoms with Crippen molar-refractivity contribution < 1.29 is 5.21 Å². The maximum absolute atomic E-state index is 8.05. The van der Waals surface area contributed by atoms with Crippen molar-refractivity contribution in [2.75, 3.05) is 14.1 Å². The van der Waals surface area contributed by atoms with Gasteiger partial charge in [-0.05, 0) is 0 Å². The highest BCUT2D eigenvalue weighted by molar-refractivity contribution is 5.76. The van der Waals surface area contributed by atoms with Crippen LogP contribution in [0.3, 0.4) is 0 Å². The maximum atomic E-state index is 8.05. The van der Waals surface area contributed by atoms with Crippen molar-refractivity contribution in [3.05, 3.63) is 0 Å². The van der Waals surface area contributed by atoms with Crippen LogP contribution in [0.1, 0.15) is 0 Å². The van der Waals surface area contributed by atoms with E-state index in [-0.39, 0.29) is 5.96 Å². The Hall–Kier alpha value is -0.970. The quantitative estimate of drug-likeness (QED) is 0.229. The number of hydroxylamine groups is 1. The first kappa shape index (κ1) is 7.03. The van der Waals surface area contributed by atoms with Crippen molar-refractivity contribution >= 4 is 5.96 Å². The van der Waals surface area contributed by atoms with E-state index in [0.717, 1.165) is 0 Å². The van der Waals surface area contributed by atoms with Gasteiger partial charge in [0.05, 0.1) is 0 Å². The van der Waals surface area contributed by atoms with Gasteiger partial charge >= 0.3 is 0 Å². The van der Waals surface area contributed by atoms with E-state index in [0.29, 0.717) is 0 Å². The van der Waals surface area contributed by atoms with Gasteiger partial charge in [0, 0.05) is 14.1 Å². The Morgan fingerprint density at radius 3 is 2.38 bits per heavy atom. The average molecular weight is 118 g/mol. The highest BCUT2D eigenvalue weighted by Crippen LogP contribution is 1.70. The van der Waals surface area contributed by atoms with E-state index < -0.39 is 0 Å². The van der Waals surface area contributed by atoms with Crippen molar-refractivity contribution in [3.8, 4) is 0 Å². The molecular weight excluding hydrogens is 108 g/mol. The first-order valence-electron chi connectivity index (χ1n) is 2.08. The van der Waals surface area contributed by atoms with Gasteiger partial charge in [0.25, 0.3) is 0 Å². The van der Waals surface area contributed by atoms with Crippen LogP contribution in [0.2, 0.25) is 0 Å². The van der Waals surface area contributed by atoms with Crippen molar-refractivity contribution in [1.82, 2.24) is 10.5 Å². The number of hydrazone groups is 1. The van der Waals surface area contributed by atoms with E-state index in [1.165, 1.54) is 5.01 Å². The third kappa shape index (κ3) is 3.23. The number of nitrogens with zero attached hydrogens (tertiary/aromatic N) is 2. The van der Waals surface area contributed by atoms with Crippen LogP contribution in [0.25, 0.3) is 0 Å². The Morgan fingerprint density at radius 1 is 1.75 bits per heavy atom. The Labute approximate surface area is 47.7 Å². The van der Waals surface area contributed by atoms with Gasteiger partial charge in [-0.1, -0.05) is 0 Å². The van der Waals surface area contributed by atoms with Gasteiger partial charge in [-0.3, -0.25) is 10.2 Å². The molecule has 0 aromatic heterocycles. The number of nitrogens with one attached hydrogen (secondary N) is 1. The minimum atomic E-state index is -0.0185. The average Bonchev–Trinajstić information content (AvgIpc) is 1.65. The molecule has 0 heterocycles. The normalized spacial score (nSPS) is 11.1. The molecule has 48 valence electrons. The van der Waals surface area contributed by atoms with Crippen molar-refractivity contribution in [1.29, 1.82) is 0 Å². The second-order valence-electron chi connectivity index (χ2n) is 1.44. The smallest absolute Gasteiger partial charge is 0.235 e. The Bertz CT molecular complexity index is 89.3. The molecule has 5 nitrogen and oxygen atoms in total. The molecule has 5 heteroatoms. The topological polar surface area (TPSA) is 73.9 Å². The summed E-state index contributed by atoms with van der Waals surface area (Å²) >= 11 is 0. The van der Waals surface area contributed by atoms with E-state index in [1.54, 1.807) is 19.6 Å². The standard InChI is InChI=1S/C3H10N4O/c1-7(2)5-3(4)6-8/h8H,1-2H3,(H3,4,5,6). The molecule has 0 amide bonds. The van der Waals surface area contributed by atoms with Gasteiger partial charge in [-0.25, -0.2) is 5.48 Å². The number of hydrogen-bond acceptors (Lipinski definition) is 3. The fraction of sp³-hybridized carbons (Fsp3) is 0.667. The Balaban J connectivity index is 3.56. The van der Waals surface area contributed by atoms with Crippen LogP contribution in [-0.4, -0.2) is 30.3 Å². The summed E-state index contributed by atoms with van der Waals surface area (Å²) in [5.41, 5.74) is 6.70. The molecule has 0 aromatic carbocycles. The molecule has 0 aliphatic rings. The van der Waals surface area contributed by atoms with Gasteiger partial charge in [0.2, 0.25) is 5.96 Å². The molecule has 8 heavy (non-hydrogen) atoms. The van der Waals surface area contributed by atoms with E-state index in [9.17, 15) is 0 Å². The molecule has 0 atom stereocenters. The van der Waals surface area contributed by atoms with E-state index in [4.69, 9.17) is 10.9 Å². The highest BCUT2D eigenvalue weighted by atomic mass is 16.5. The van der Waals surface area contributed by atoms with E-state index in [1.807, 2.05) is 0 Å². The molecule has 0 saturated heterocycles. The number of nitrogens with two attached hydrogens (primary N) is 1. The zero-order valence-corrected chi connectivity index (χ0v) is 4.92. The molecule has 0 rings (SSSR count). The highest BCUT2D eigenvalue weighted by Gasteiger charge is 1.83. The molecule has 0 unspecified atom stereocenters. The molecule has 0 saturated carbocycles. The van der Waals surface area contributed by atoms with E-state index in [2.05, 4.69) is 5.10 Å². The first-order chi connectivity index (χ1) is 3.66. The maximum Gasteiger partial charge on any atom is 0.235 e. The van der Waals surface area contributed by atoms with Crippen molar-refractivity contribution in [3.63, 3.8) is 0 Å². The second-order valence-corrected chi connectivity index (χ2v) is 1.44. The number of hydrogen-bond donors (Lipinski definition) is 3. The lowest BCUT2D eigenvalue weighted by Gasteiger charge is -2.03. The van der Waals surface area contributed by atoms with Gasteiger partial charge in [-0.2, -0.15) is 0 Å². The van der Waals surface area contributed by atoms with Crippen LogP contribution in [-0.2, 0) is 0 Å². The second kappa shape index (κ2) is 3.09. The van der Waals surface area contributed by atoms with Crippen LogP contribution in [0.4, 0.5) is 0 Å². The van der Waals surface area contributed by atoms with Crippen LogP contribution in [0, 0.1) is 0 Å². The Kier molecular flexibility index (Phi) is 2.71.